The van der Waals surface area contributed by atoms with Gasteiger partial charge >= 0.3 is 5.97 Å². The molecule has 0 spiro atoms. The summed E-state index contributed by atoms with van der Waals surface area (Å²) in [7, 11) is -2.32. The van der Waals surface area contributed by atoms with Crippen LogP contribution in [0.15, 0.2) is 21.5 Å². The largest absolute Gasteiger partial charge is 0.478 e. The van der Waals surface area contributed by atoms with Crippen molar-refractivity contribution in [3.8, 4) is 0 Å². The Morgan fingerprint density at radius 2 is 2.10 bits per heavy atom. The van der Waals surface area contributed by atoms with Gasteiger partial charge in [0.2, 0.25) is 10.0 Å². The lowest BCUT2D eigenvalue weighted by molar-refractivity contribution is 0.0696. The van der Waals surface area contributed by atoms with Crippen LogP contribution in [0, 0.1) is 6.92 Å². The lowest BCUT2D eigenvalue weighted by atomic mass is 10.1. The number of methoxy groups -OCH3 is 1. The number of sulfonamides is 1. The summed E-state index contributed by atoms with van der Waals surface area (Å²) in [6.45, 7) is 3.43. The number of hydrogen-bond donors (Lipinski definition) is 2. The van der Waals surface area contributed by atoms with E-state index in [4.69, 9.17) is 9.84 Å². The summed E-state index contributed by atoms with van der Waals surface area (Å²) in [6, 6.07) is 2.51. The van der Waals surface area contributed by atoms with E-state index in [9.17, 15) is 13.2 Å². The molecule has 0 aliphatic carbocycles. The quantitative estimate of drug-likeness (QED) is 0.801. The third kappa shape index (κ3) is 4.02. The highest BCUT2D eigenvalue weighted by atomic mass is 79.9. The van der Waals surface area contributed by atoms with Crippen LogP contribution in [0.5, 0.6) is 0 Å². The molecule has 20 heavy (non-hydrogen) atoms. The van der Waals surface area contributed by atoms with E-state index in [0.29, 0.717) is 10.0 Å². The molecule has 0 aliphatic rings. The van der Waals surface area contributed by atoms with Crippen LogP contribution in [0.3, 0.4) is 0 Å². The molecule has 1 unspecified atom stereocenters. The Morgan fingerprint density at radius 3 is 2.60 bits per heavy atom. The molecule has 1 aromatic rings. The van der Waals surface area contributed by atoms with Gasteiger partial charge in [0, 0.05) is 18.1 Å². The molecule has 0 bridgehead atoms. The zero-order chi connectivity index (χ0) is 15.5. The Kier molecular flexibility index (Phi) is 5.69. The van der Waals surface area contributed by atoms with E-state index in [1.807, 2.05) is 0 Å². The molecule has 1 atom stereocenters. The van der Waals surface area contributed by atoms with E-state index >= 15 is 0 Å². The summed E-state index contributed by atoms with van der Waals surface area (Å²) < 4.78 is 32.2. The van der Waals surface area contributed by atoms with Gasteiger partial charge in [-0.1, -0.05) is 15.9 Å². The van der Waals surface area contributed by atoms with E-state index < -0.39 is 16.0 Å². The first kappa shape index (κ1) is 17.1. The number of aromatic carboxylic acids is 1. The predicted molar refractivity (Wildman–Crippen MR) is 77.5 cm³/mol. The second-order valence-electron chi connectivity index (χ2n) is 4.28. The maximum Gasteiger partial charge on any atom is 0.335 e. The van der Waals surface area contributed by atoms with Gasteiger partial charge in [0.05, 0.1) is 16.6 Å². The highest BCUT2D eigenvalue weighted by Crippen LogP contribution is 2.25. The summed E-state index contributed by atoms with van der Waals surface area (Å²) in [5.41, 5.74) is 0.357. The molecule has 112 valence electrons. The molecule has 0 aliphatic heterocycles. The second-order valence-corrected chi connectivity index (χ2v) is 6.87. The Bertz CT molecular complexity index is 615. The molecule has 0 saturated heterocycles. The van der Waals surface area contributed by atoms with E-state index in [2.05, 4.69) is 20.7 Å². The lowest BCUT2D eigenvalue weighted by Crippen LogP contribution is -2.32. The maximum atomic E-state index is 12.2. The number of nitrogens with one attached hydrogen (secondary N) is 1. The molecule has 0 saturated carbocycles. The predicted octanol–water partition coefficient (Wildman–Crippen LogP) is 1.77. The maximum absolute atomic E-state index is 12.2. The summed E-state index contributed by atoms with van der Waals surface area (Å²) in [5, 5.41) is 8.99. The Balaban J connectivity index is 3.20. The Morgan fingerprint density at radius 1 is 1.50 bits per heavy atom. The third-order valence-electron chi connectivity index (χ3n) is 2.80. The molecule has 0 radical (unpaired) electrons. The zero-order valence-corrected chi connectivity index (χ0v) is 13.7. The number of carbonyl (C=O) groups is 1. The van der Waals surface area contributed by atoms with E-state index in [1.54, 1.807) is 13.8 Å². The van der Waals surface area contributed by atoms with Gasteiger partial charge in [0.25, 0.3) is 0 Å². The number of hydrogen-bond acceptors (Lipinski definition) is 4. The van der Waals surface area contributed by atoms with Gasteiger partial charge in [-0.15, -0.1) is 0 Å². The van der Waals surface area contributed by atoms with Crippen LogP contribution in [0.25, 0.3) is 0 Å². The van der Waals surface area contributed by atoms with E-state index in [1.165, 1.54) is 13.2 Å². The third-order valence-corrected chi connectivity index (χ3v) is 5.17. The number of carboxylic acids is 1. The molecule has 8 heteroatoms. The van der Waals surface area contributed by atoms with Crippen molar-refractivity contribution < 1.29 is 23.1 Å². The number of carboxylic acid groups (broad SMARTS) is 1. The number of rotatable bonds is 6. The molecular formula is C12H16BrNO5S. The van der Waals surface area contributed by atoms with E-state index in [-0.39, 0.29) is 23.1 Å². The molecule has 0 amide bonds. The van der Waals surface area contributed by atoms with Crippen LogP contribution in [0.1, 0.15) is 22.8 Å². The van der Waals surface area contributed by atoms with Gasteiger partial charge in [-0.2, -0.15) is 0 Å². The average Bonchev–Trinajstić information content (AvgIpc) is 2.38. The Labute approximate surface area is 126 Å². The fourth-order valence-electron chi connectivity index (χ4n) is 1.44. The van der Waals surface area contributed by atoms with Crippen molar-refractivity contribution in [2.45, 2.75) is 24.8 Å². The van der Waals surface area contributed by atoms with Crippen molar-refractivity contribution >= 4 is 31.9 Å². The minimum absolute atomic E-state index is 0.0624. The first-order chi connectivity index (χ1) is 9.19. The normalized spacial score (nSPS) is 13.2. The van der Waals surface area contributed by atoms with Crippen LogP contribution < -0.4 is 4.72 Å². The minimum Gasteiger partial charge on any atom is -0.478 e. The van der Waals surface area contributed by atoms with Gasteiger partial charge in [0.1, 0.15) is 0 Å². The lowest BCUT2D eigenvalue weighted by Gasteiger charge is -2.14. The van der Waals surface area contributed by atoms with Crippen molar-refractivity contribution in [2.75, 3.05) is 13.7 Å². The number of ether oxygens (including phenoxy) is 1. The second kappa shape index (κ2) is 6.66. The first-order valence-corrected chi connectivity index (χ1v) is 8.02. The van der Waals surface area contributed by atoms with Crippen LogP contribution in [-0.4, -0.2) is 39.3 Å². The molecule has 2 N–H and O–H groups in total. The highest BCUT2D eigenvalue weighted by molar-refractivity contribution is 9.10. The van der Waals surface area contributed by atoms with Gasteiger partial charge in [-0.25, -0.2) is 17.9 Å². The molecule has 0 fully saturated rings. The monoisotopic (exact) mass is 365 g/mol. The summed E-state index contributed by atoms with van der Waals surface area (Å²) >= 11 is 3.17. The highest BCUT2D eigenvalue weighted by Gasteiger charge is 2.21. The standard InChI is InChI=1S/C12H16BrNO5S/c1-7(19-3)6-14-20(17,18)11-5-9(12(15)16)4-10(13)8(11)2/h4-5,7,14H,6H2,1-3H3,(H,15,16). The Hall–Kier alpha value is -0.960. The van der Waals surface area contributed by atoms with Gasteiger partial charge in [-0.05, 0) is 31.5 Å². The number of benzene rings is 1. The van der Waals surface area contributed by atoms with Crippen molar-refractivity contribution in [1.29, 1.82) is 0 Å². The van der Waals surface area contributed by atoms with Gasteiger partial charge < -0.3 is 9.84 Å². The summed E-state index contributed by atoms with van der Waals surface area (Å²) in [5.74, 6) is -1.19. The van der Waals surface area contributed by atoms with Crippen molar-refractivity contribution in [3.05, 3.63) is 27.7 Å². The molecule has 1 aromatic carbocycles. The van der Waals surface area contributed by atoms with Crippen molar-refractivity contribution in [2.24, 2.45) is 0 Å². The van der Waals surface area contributed by atoms with Crippen LogP contribution in [0.4, 0.5) is 0 Å². The zero-order valence-electron chi connectivity index (χ0n) is 11.3. The van der Waals surface area contributed by atoms with E-state index in [0.717, 1.165) is 6.07 Å². The van der Waals surface area contributed by atoms with Crippen molar-refractivity contribution in [3.63, 3.8) is 0 Å². The van der Waals surface area contributed by atoms with Crippen molar-refractivity contribution in [1.82, 2.24) is 4.72 Å². The average molecular weight is 366 g/mol. The SMILES string of the molecule is COC(C)CNS(=O)(=O)c1cc(C(=O)O)cc(Br)c1C. The number of halogens is 1. The summed E-state index contributed by atoms with van der Waals surface area (Å²) in [4.78, 5) is 10.9. The van der Waals surface area contributed by atoms with Gasteiger partial charge in [-0.3, -0.25) is 0 Å². The fourth-order valence-corrected chi connectivity index (χ4v) is 3.44. The smallest absolute Gasteiger partial charge is 0.335 e. The topological polar surface area (TPSA) is 92.7 Å². The first-order valence-electron chi connectivity index (χ1n) is 5.75. The molecule has 1 rings (SSSR count). The molecular weight excluding hydrogens is 350 g/mol. The summed E-state index contributed by atoms with van der Waals surface area (Å²) in [6.07, 6.45) is -0.281. The van der Waals surface area contributed by atoms with Gasteiger partial charge in [0.15, 0.2) is 0 Å². The fraction of sp³-hybridized carbons (Fsp3) is 0.417. The molecule has 0 heterocycles. The van der Waals surface area contributed by atoms with Crippen LogP contribution in [-0.2, 0) is 14.8 Å². The minimum atomic E-state index is -3.80. The van der Waals surface area contributed by atoms with Crippen LogP contribution >= 0.6 is 15.9 Å². The molecule has 6 nitrogen and oxygen atoms in total. The molecule has 0 aromatic heterocycles. The van der Waals surface area contributed by atoms with Crippen LogP contribution in [0.2, 0.25) is 0 Å².